The highest BCUT2D eigenvalue weighted by atomic mass is 32.2. The molecule has 2 rings (SSSR count). The Labute approximate surface area is 115 Å². The number of carbonyl (C=O) groups is 1. The van der Waals surface area contributed by atoms with Crippen LogP contribution in [0.5, 0.6) is 0 Å². The van der Waals surface area contributed by atoms with Crippen molar-refractivity contribution in [3.8, 4) is 0 Å². The highest BCUT2D eigenvalue weighted by Crippen LogP contribution is 2.24. The van der Waals surface area contributed by atoms with Gasteiger partial charge in [-0.25, -0.2) is 17.2 Å². The zero-order chi connectivity index (χ0) is 14.9. The van der Waals surface area contributed by atoms with E-state index in [1.807, 2.05) is 0 Å². The fourth-order valence-corrected chi connectivity index (χ4v) is 3.35. The van der Waals surface area contributed by atoms with Gasteiger partial charge in [0.25, 0.3) is 0 Å². The first-order valence-corrected chi connectivity index (χ1v) is 7.87. The van der Waals surface area contributed by atoms with Crippen molar-refractivity contribution in [1.29, 1.82) is 0 Å². The van der Waals surface area contributed by atoms with Gasteiger partial charge in [-0.15, -0.1) is 0 Å². The standard InChI is InChI=1S/C12H14F2N2O3S/c1-20(18,19)16-7-3-6-10(16)12(17)15-11-8(13)4-2-5-9(11)14/h2,4-5,10H,3,6-7H2,1H3,(H,15,17). The Morgan fingerprint density at radius 2 is 1.95 bits per heavy atom. The number of para-hydroxylation sites is 1. The van der Waals surface area contributed by atoms with E-state index in [4.69, 9.17) is 0 Å². The monoisotopic (exact) mass is 304 g/mol. The number of hydrogen-bond acceptors (Lipinski definition) is 3. The van der Waals surface area contributed by atoms with Crippen LogP contribution in [0.15, 0.2) is 18.2 Å². The Kier molecular flexibility index (Phi) is 4.05. The van der Waals surface area contributed by atoms with Gasteiger partial charge in [0, 0.05) is 6.54 Å². The minimum absolute atomic E-state index is 0.233. The summed E-state index contributed by atoms with van der Waals surface area (Å²) in [7, 11) is -3.52. The van der Waals surface area contributed by atoms with Crippen molar-refractivity contribution in [3.63, 3.8) is 0 Å². The molecule has 0 spiro atoms. The number of benzene rings is 1. The third-order valence-corrected chi connectivity index (χ3v) is 4.43. The summed E-state index contributed by atoms with van der Waals surface area (Å²) in [4.78, 5) is 12.0. The van der Waals surface area contributed by atoms with Crippen molar-refractivity contribution >= 4 is 21.6 Å². The molecule has 5 nitrogen and oxygen atoms in total. The van der Waals surface area contributed by atoms with Gasteiger partial charge in [-0.3, -0.25) is 4.79 Å². The van der Waals surface area contributed by atoms with Crippen LogP contribution in [0.2, 0.25) is 0 Å². The van der Waals surface area contributed by atoms with Gasteiger partial charge in [-0.05, 0) is 25.0 Å². The fourth-order valence-electron chi connectivity index (χ4n) is 2.22. The highest BCUT2D eigenvalue weighted by molar-refractivity contribution is 7.88. The smallest absolute Gasteiger partial charge is 0.242 e. The highest BCUT2D eigenvalue weighted by Gasteiger charge is 2.36. The number of hydrogen-bond donors (Lipinski definition) is 1. The molecular formula is C12H14F2N2O3S. The van der Waals surface area contributed by atoms with E-state index in [9.17, 15) is 22.0 Å². The molecule has 1 aromatic rings. The average Bonchev–Trinajstić information content (AvgIpc) is 2.82. The van der Waals surface area contributed by atoms with E-state index in [0.717, 1.165) is 22.7 Å². The second-order valence-electron chi connectivity index (χ2n) is 4.62. The van der Waals surface area contributed by atoms with Gasteiger partial charge in [0.15, 0.2) is 0 Å². The molecule has 1 amide bonds. The predicted molar refractivity (Wildman–Crippen MR) is 69.6 cm³/mol. The van der Waals surface area contributed by atoms with E-state index in [1.54, 1.807) is 0 Å². The van der Waals surface area contributed by atoms with Crippen molar-refractivity contribution in [2.75, 3.05) is 18.1 Å². The molecule has 1 aromatic carbocycles. The molecule has 0 saturated carbocycles. The first-order valence-electron chi connectivity index (χ1n) is 6.02. The summed E-state index contributed by atoms with van der Waals surface area (Å²) in [5.74, 6) is -2.53. The van der Waals surface area contributed by atoms with E-state index < -0.39 is 39.3 Å². The first-order chi connectivity index (χ1) is 9.30. The van der Waals surface area contributed by atoms with Crippen LogP contribution in [-0.2, 0) is 14.8 Å². The molecule has 1 heterocycles. The van der Waals surface area contributed by atoms with Gasteiger partial charge in [-0.1, -0.05) is 6.07 Å². The summed E-state index contributed by atoms with van der Waals surface area (Å²) < 4.78 is 51.0. The topological polar surface area (TPSA) is 66.5 Å². The summed E-state index contributed by atoms with van der Waals surface area (Å²) in [6.45, 7) is 0.233. The lowest BCUT2D eigenvalue weighted by atomic mass is 10.2. The van der Waals surface area contributed by atoms with Crippen LogP contribution < -0.4 is 5.32 Å². The van der Waals surface area contributed by atoms with Crippen LogP contribution in [0, 0.1) is 11.6 Å². The zero-order valence-electron chi connectivity index (χ0n) is 10.8. The lowest BCUT2D eigenvalue weighted by molar-refractivity contribution is -0.119. The fraction of sp³-hybridized carbons (Fsp3) is 0.417. The van der Waals surface area contributed by atoms with Crippen LogP contribution in [0.3, 0.4) is 0 Å². The number of sulfonamides is 1. The summed E-state index contributed by atoms with van der Waals surface area (Å²) in [6, 6.07) is 2.28. The molecule has 0 aliphatic carbocycles. The maximum Gasteiger partial charge on any atom is 0.242 e. The van der Waals surface area contributed by atoms with Crippen molar-refractivity contribution in [2.24, 2.45) is 0 Å². The van der Waals surface area contributed by atoms with E-state index >= 15 is 0 Å². The lowest BCUT2D eigenvalue weighted by Gasteiger charge is -2.21. The average molecular weight is 304 g/mol. The molecule has 110 valence electrons. The second kappa shape index (κ2) is 5.45. The third-order valence-electron chi connectivity index (χ3n) is 3.14. The Hall–Kier alpha value is -1.54. The molecule has 1 N–H and O–H groups in total. The van der Waals surface area contributed by atoms with Crippen LogP contribution in [-0.4, -0.2) is 37.5 Å². The maximum atomic E-state index is 13.4. The van der Waals surface area contributed by atoms with E-state index in [0.29, 0.717) is 12.8 Å². The van der Waals surface area contributed by atoms with Crippen molar-refractivity contribution < 1.29 is 22.0 Å². The van der Waals surface area contributed by atoms with Gasteiger partial charge in [0.1, 0.15) is 23.4 Å². The van der Waals surface area contributed by atoms with Crippen LogP contribution >= 0.6 is 0 Å². The molecule has 1 saturated heterocycles. The molecule has 0 radical (unpaired) electrons. The van der Waals surface area contributed by atoms with Crippen LogP contribution in [0.25, 0.3) is 0 Å². The first kappa shape index (κ1) is 14.9. The van der Waals surface area contributed by atoms with E-state index in [-0.39, 0.29) is 6.54 Å². The molecule has 1 unspecified atom stereocenters. The van der Waals surface area contributed by atoms with Gasteiger partial charge in [-0.2, -0.15) is 4.31 Å². The van der Waals surface area contributed by atoms with E-state index in [1.165, 1.54) is 6.07 Å². The Morgan fingerprint density at radius 3 is 2.50 bits per heavy atom. The Morgan fingerprint density at radius 1 is 1.35 bits per heavy atom. The number of halogens is 2. The van der Waals surface area contributed by atoms with Gasteiger partial charge >= 0.3 is 0 Å². The SMILES string of the molecule is CS(=O)(=O)N1CCCC1C(=O)Nc1c(F)cccc1F. The summed E-state index contributed by atoms with van der Waals surface area (Å²) in [5.41, 5.74) is -0.558. The third kappa shape index (κ3) is 2.96. The molecule has 8 heteroatoms. The Bertz CT molecular complexity index is 613. The number of amides is 1. The lowest BCUT2D eigenvalue weighted by Crippen LogP contribution is -2.42. The van der Waals surface area contributed by atoms with E-state index in [2.05, 4.69) is 5.32 Å². The summed E-state index contributed by atoms with van der Waals surface area (Å²) in [6.07, 6.45) is 1.86. The number of carbonyl (C=O) groups excluding carboxylic acids is 1. The van der Waals surface area contributed by atoms with Crippen LogP contribution in [0.4, 0.5) is 14.5 Å². The number of nitrogens with one attached hydrogen (secondary N) is 1. The minimum Gasteiger partial charge on any atom is -0.320 e. The van der Waals surface area contributed by atoms with Gasteiger partial charge < -0.3 is 5.32 Å². The van der Waals surface area contributed by atoms with Crippen molar-refractivity contribution in [2.45, 2.75) is 18.9 Å². The van der Waals surface area contributed by atoms with Gasteiger partial charge in [0.05, 0.1) is 6.26 Å². The molecule has 1 aliphatic heterocycles. The predicted octanol–water partition coefficient (Wildman–Crippen LogP) is 1.33. The second-order valence-corrected chi connectivity index (χ2v) is 6.55. The molecule has 1 fully saturated rings. The van der Waals surface area contributed by atoms with Crippen molar-refractivity contribution in [3.05, 3.63) is 29.8 Å². The quantitative estimate of drug-likeness (QED) is 0.916. The molecule has 20 heavy (non-hydrogen) atoms. The minimum atomic E-state index is -3.52. The zero-order valence-corrected chi connectivity index (χ0v) is 11.6. The summed E-state index contributed by atoms with van der Waals surface area (Å²) >= 11 is 0. The molecule has 1 aliphatic rings. The molecule has 1 atom stereocenters. The largest absolute Gasteiger partial charge is 0.320 e. The maximum absolute atomic E-state index is 13.4. The van der Waals surface area contributed by atoms with Gasteiger partial charge in [0.2, 0.25) is 15.9 Å². The van der Waals surface area contributed by atoms with Crippen molar-refractivity contribution in [1.82, 2.24) is 4.31 Å². The number of anilines is 1. The number of rotatable bonds is 3. The molecular weight excluding hydrogens is 290 g/mol. The summed E-state index contributed by atoms with van der Waals surface area (Å²) in [5, 5.41) is 2.13. The molecule has 0 bridgehead atoms. The molecule has 0 aromatic heterocycles. The normalized spacial score (nSPS) is 20.1. The Balaban J connectivity index is 2.20. The number of nitrogens with zero attached hydrogens (tertiary/aromatic N) is 1. The van der Waals surface area contributed by atoms with Crippen LogP contribution in [0.1, 0.15) is 12.8 Å².